The highest BCUT2D eigenvalue weighted by Gasteiger charge is 2.27. The van der Waals surface area contributed by atoms with Crippen molar-refractivity contribution in [1.82, 2.24) is 5.43 Å². The van der Waals surface area contributed by atoms with Crippen LogP contribution in [0.15, 0.2) is 88.9 Å². The van der Waals surface area contributed by atoms with Gasteiger partial charge in [-0.25, -0.2) is 13.8 Å². The molecule has 0 radical (unpaired) electrons. The lowest BCUT2D eigenvalue weighted by molar-refractivity contribution is -0.384. The van der Waals surface area contributed by atoms with Crippen LogP contribution in [0.2, 0.25) is 5.02 Å². The molecular formula is C21H17ClN4O5S. The average molecular weight is 473 g/mol. The van der Waals surface area contributed by atoms with Crippen molar-refractivity contribution < 1.29 is 18.1 Å². The van der Waals surface area contributed by atoms with E-state index in [2.05, 4.69) is 10.5 Å². The molecule has 0 atom stereocenters. The van der Waals surface area contributed by atoms with Crippen molar-refractivity contribution in [3.63, 3.8) is 0 Å². The Kier molecular flexibility index (Phi) is 7.18. The van der Waals surface area contributed by atoms with E-state index in [4.69, 9.17) is 11.6 Å². The molecule has 0 unspecified atom stereocenters. The zero-order valence-electron chi connectivity index (χ0n) is 16.5. The Morgan fingerprint density at radius 3 is 2.25 bits per heavy atom. The van der Waals surface area contributed by atoms with Crippen LogP contribution in [0.4, 0.5) is 11.4 Å². The number of nitro benzene ring substituents is 1. The minimum Gasteiger partial charge on any atom is -0.271 e. The number of nitro groups is 1. The number of nitrogens with zero attached hydrogens (tertiary/aromatic N) is 3. The van der Waals surface area contributed by atoms with E-state index in [0.717, 1.165) is 4.31 Å². The van der Waals surface area contributed by atoms with Crippen molar-refractivity contribution in [2.45, 2.75) is 4.90 Å². The lowest BCUT2D eigenvalue weighted by Crippen LogP contribution is -2.39. The van der Waals surface area contributed by atoms with Gasteiger partial charge in [0.25, 0.3) is 21.6 Å². The second-order valence-electron chi connectivity index (χ2n) is 6.44. The van der Waals surface area contributed by atoms with Crippen molar-refractivity contribution in [3.05, 3.63) is 99.6 Å². The second kappa shape index (κ2) is 10.0. The lowest BCUT2D eigenvalue weighted by Gasteiger charge is -2.23. The minimum atomic E-state index is -4.06. The number of amides is 1. The number of hydrazone groups is 1. The number of benzene rings is 3. The summed E-state index contributed by atoms with van der Waals surface area (Å²) in [6, 6.07) is 19.3. The standard InChI is InChI=1S/C21H17ClN4O5S/c22-17-8-12-20(13-9-17)32(30,31)25(18-4-2-1-3-5-18)15-21(27)24-23-14-16-6-10-19(11-7-16)26(28)29/h1-14H,15H2,(H,24,27)/b23-14+. The molecule has 0 aromatic heterocycles. The van der Waals surface area contributed by atoms with Gasteiger partial charge in [0, 0.05) is 17.2 Å². The number of anilines is 1. The third-order valence-corrected chi connectivity index (χ3v) is 6.28. The Morgan fingerprint density at radius 1 is 1.03 bits per heavy atom. The fraction of sp³-hybridized carbons (Fsp3) is 0.0476. The van der Waals surface area contributed by atoms with Gasteiger partial charge in [-0.3, -0.25) is 19.2 Å². The van der Waals surface area contributed by atoms with Crippen LogP contribution < -0.4 is 9.73 Å². The summed E-state index contributed by atoms with van der Waals surface area (Å²) < 4.78 is 27.3. The third-order valence-electron chi connectivity index (χ3n) is 4.24. The van der Waals surface area contributed by atoms with Crippen molar-refractivity contribution >= 4 is 45.1 Å². The molecule has 3 rings (SSSR count). The zero-order chi connectivity index (χ0) is 23.1. The molecule has 3 aromatic rings. The maximum atomic E-state index is 13.2. The van der Waals surface area contributed by atoms with Gasteiger partial charge in [0.05, 0.1) is 21.7 Å². The average Bonchev–Trinajstić information content (AvgIpc) is 2.78. The van der Waals surface area contributed by atoms with E-state index in [0.29, 0.717) is 16.3 Å². The first-order valence-corrected chi connectivity index (χ1v) is 11.0. The number of para-hydroxylation sites is 1. The van der Waals surface area contributed by atoms with Gasteiger partial charge in [-0.2, -0.15) is 5.10 Å². The molecule has 0 aliphatic rings. The Morgan fingerprint density at radius 2 is 1.66 bits per heavy atom. The molecule has 11 heteroatoms. The van der Waals surface area contributed by atoms with Gasteiger partial charge in [-0.05, 0) is 54.1 Å². The molecule has 0 fully saturated rings. The molecule has 0 saturated heterocycles. The molecule has 164 valence electrons. The minimum absolute atomic E-state index is 0.0204. The van der Waals surface area contributed by atoms with Gasteiger partial charge < -0.3 is 0 Å². The van der Waals surface area contributed by atoms with Crippen LogP contribution in [-0.2, 0) is 14.8 Å². The van der Waals surface area contributed by atoms with E-state index in [1.54, 1.807) is 30.3 Å². The number of sulfonamides is 1. The Labute approximate surface area is 189 Å². The van der Waals surface area contributed by atoms with Crippen LogP contribution in [0.25, 0.3) is 0 Å². The van der Waals surface area contributed by atoms with E-state index in [1.165, 1.54) is 54.7 Å². The fourth-order valence-electron chi connectivity index (χ4n) is 2.67. The number of carbonyl (C=O) groups excluding carboxylic acids is 1. The monoisotopic (exact) mass is 472 g/mol. The highest BCUT2D eigenvalue weighted by Crippen LogP contribution is 2.24. The third kappa shape index (κ3) is 5.68. The molecule has 0 aliphatic carbocycles. The molecule has 0 bridgehead atoms. The second-order valence-corrected chi connectivity index (χ2v) is 8.74. The normalized spacial score (nSPS) is 11.3. The van der Waals surface area contributed by atoms with Crippen LogP contribution in [0.1, 0.15) is 5.56 Å². The van der Waals surface area contributed by atoms with Crippen LogP contribution in [0.5, 0.6) is 0 Å². The maximum Gasteiger partial charge on any atom is 0.269 e. The van der Waals surface area contributed by atoms with Gasteiger partial charge in [-0.15, -0.1) is 0 Å². The van der Waals surface area contributed by atoms with Gasteiger partial charge in [0.2, 0.25) is 0 Å². The first-order valence-electron chi connectivity index (χ1n) is 9.17. The predicted molar refractivity (Wildman–Crippen MR) is 121 cm³/mol. The Balaban J connectivity index is 1.77. The predicted octanol–water partition coefficient (Wildman–Crippen LogP) is 3.59. The maximum absolute atomic E-state index is 13.2. The number of carbonyl (C=O) groups is 1. The van der Waals surface area contributed by atoms with Gasteiger partial charge >= 0.3 is 0 Å². The highest BCUT2D eigenvalue weighted by molar-refractivity contribution is 7.92. The zero-order valence-corrected chi connectivity index (χ0v) is 18.0. The molecule has 0 heterocycles. The number of non-ortho nitro benzene ring substituents is 1. The number of rotatable bonds is 8. The van der Waals surface area contributed by atoms with Crippen molar-refractivity contribution in [3.8, 4) is 0 Å². The topological polar surface area (TPSA) is 122 Å². The van der Waals surface area contributed by atoms with Gasteiger partial charge in [0.15, 0.2) is 0 Å². The summed E-state index contributed by atoms with van der Waals surface area (Å²) >= 11 is 5.85. The summed E-state index contributed by atoms with van der Waals surface area (Å²) in [4.78, 5) is 22.6. The van der Waals surface area contributed by atoms with Gasteiger partial charge in [-0.1, -0.05) is 29.8 Å². The molecule has 9 nitrogen and oxygen atoms in total. The van der Waals surface area contributed by atoms with Gasteiger partial charge in [0.1, 0.15) is 6.54 Å². The Bertz CT molecular complexity index is 1230. The number of hydrogen-bond acceptors (Lipinski definition) is 6. The van der Waals surface area contributed by atoms with Crippen molar-refractivity contribution in [2.24, 2.45) is 5.10 Å². The van der Waals surface area contributed by atoms with E-state index in [-0.39, 0.29) is 10.6 Å². The SMILES string of the molecule is O=C(CN(c1ccccc1)S(=O)(=O)c1ccc(Cl)cc1)N/N=C/c1ccc([N+](=O)[O-])cc1. The molecule has 1 amide bonds. The van der Waals surface area contributed by atoms with E-state index in [1.807, 2.05) is 0 Å². The summed E-state index contributed by atoms with van der Waals surface area (Å²) in [5, 5.41) is 14.9. The molecule has 0 spiro atoms. The first-order chi connectivity index (χ1) is 15.3. The number of halogens is 1. The molecule has 32 heavy (non-hydrogen) atoms. The quantitative estimate of drug-likeness (QED) is 0.305. The van der Waals surface area contributed by atoms with E-state index >= 15 is 0 Å². The Hall–Kier alpha value is -3.76. The highest BCUT2D eigenvalue weighted by atomic mass is 35.5. The van der Waals surface area contributed by atoms with Crippen molar-refractivity contribution in [1.29, 1.82) is 0 Å². The van der Waals surface area contributed by atoms with E-state index < -0.39 is 27.4 Å². The van der Waals surface area contributed by atoms with Crippen LogP contribution >= 0.6 is 11.6 Å². The number of hydrogen-bond donors (Lipinski definition) is 1. The largest absolute Gasteiger partial charge is 0.271 e. The summed E-state index contributed by atoms with van der Waals surface area (Å²) in [6.45, 7) is -0.521. The molecule has 3 aromatic carbocycles. The smallest absolute Gasteiger partial charge is 0.269 e. The summed E-state index contributed by atoms with van der Waals surface area (Å²) in [5.74, 6) is -0.676. The molecule has 0 saturated carbocycles. The van der Waals surface area contributed by atoms with Crippen LogP contribution in [-0.4, -0.2) is 32.0 Å². The van der Waals surface area contributed by atoms with Crippen LogP contribution in [0, 0.1) is 10.1 Å². The van der Waals surface area contributed by atoms with Crippen molar-refractivity contribution in [2.75, 3.05) is 10.8 Å². The summed E-state index contributed by atoms with van der Waals surface area (Å²) in [6.07, 6.45) is 1.29. The first kappa shape index (κ1) is 22.9. The molecule has 0 aliphatic heterocycles. The molecule has 1 N–H and O–H groups in total. The fourth-order valence-corrected chi connectivity index (χ4v) is 4.22. The summed E-state index contributed by atoms with van der Waals surface area (Å²) in [5.41, 5.74) is 3.02. The van der Waals surface area contributed by atoms with Crippen LogP contribution in [0.3, 0.4) is 0 Å². The summed E-state index contributed by atoms with van der Waals surface area (Å²) in [7, 11) is -4.06. The number of nitrogens with one attached hydrogen (secondary N) is 1. The lowest BCUT2D eigenvalue weighted by atomic mass is 10.2. The molecular weight excluding hydrogens is 456 g/mol. The van der Waals surface area contributed by atoms with E-state index in [9.17, 15) is 23.3 Å².